The van der Waals surface area contributed by atoms with Crippen LogP contribution in [0.4, 0.5) is 11.4 Å². The first-order valence-corrected chi connectivity index (χ1v) is 7.09. The Morgan fingerprint density at radius 2 is 2.19 bits per heavy atom. The summed E-state index contributed by atoms with van der Waals surface area (Å²) in [6, 6.07) is 2.46. The Balaban J connectivity index is 2.32. The van der Waals surface area contributed by atoms with Gasteiger partial charge in [0, 0.05) is 6.07 Å². The van der Waals surface area contributed by atoms with Crippen molar-refractivity contribution in [3.05, 3.63) is 34.1 Å². The largest absolute Gasteiger partial charge is 0.393 e. The van der Waals surface area contributed by atoms with Gasteiger partial charge in [0.2, 0.25) is 10.0 Å². The first kappa shape index (κ1) is 14.8. The van der Waals surface area contributed by atoms with Gasteiger partial charge < -0.3 is 5.73 Å². The van der Waals surface area contributed by atoms with Gasteiger partial charge in [0.1, 0.15) is 5.69 Å². The molecular formula is C9H11N7O4S. The number of nitrogens with one attached hydrogen (secondary N) is 2. The zero-order valence-electron chi connectivity index (χ0n) is 10.7. The van der Waals surface area contributed by atoms with Crippen LogP contribution in [0.2, 0.25) is 0 Å². The molecule has 0 bridgehead atoms. The maximum absolute atomic E-state index is 12.2. The van der Waals surface area contributed by atoms with Gasteiger partial charge in [-0.05, 0) is 19.1 Å². The summed E-state index contributed by atoms with van der Waals surface area (Å²) in [6.07, 6.45) is 0. The summed E-state index contributed by atoms with van der Waals surface area (Å²) in [6.45, 7) is 1.51. The normalized spacial score (nSPS) is 13.0. The highest BCUT2D eigenvalue weighted by Gasteiger charge is 2.23. The van der Waals surface area contributed by atoms with E-state index in [0.29, 0.717) is 0 Å². The second-order valence-electron chi connectivity index (χ2n) is 4.09. The molecule has 2 rings (SSSR count). The number of nitrogen functional groups attached to an aromatic ring is 1. The van der Waals surface area contributed by atoms with E-state index < -0.39 is 26.7 Å². The lowest BCUT2D eigenvalue weighted by Gasteiger charge is -2.11. The second-order valence-corrected chi connectivity index (χ2v) is 5.80. The Hall–Kier alpha value is -2.60. The van der Waals surface area contributed by atoms with Crippen LogP contribution in [-0.4, -0.2) is 34.0 Å². The summed E-state index contributed by atoms with van der Waals surface area (Å²) in [7, 11) is -3.99. The Labute approximate surface area is 118 Å². The van der Waals surface area contributed by atoms with Gasteiger partial charge in [-0.3, -0.25) is 10.1 Å². The van der Waals surface area contributed by atoms with E-state index in [4.69, 9.17) is 5.73 Å². The van der Waals surface area contributed by atoms with Crippen molar-refractivity contribution in [2.75, 3.05) is 5.73 Å². The third-order valence-electron chi connectivity index (χ3n) is 2.59. The highest BCUT2D eigenvalue weighted by molar-refractivity contribution is 7.89. The van der Waals surface area contributed by atoms with Crippen LogP contribution in [0.5, 0.6) is 0 Å². The van der Waals surface area contributed by atoms with Crippen LogP contribution >= 0.6 is 0 Å². The van der Waals surface area contributed by atoms with Crippen molar-refractivity contribution in [2.45, 2.75) is 17.9 Å². The number of benzene rings is 1. The van der Waals surface area contributed by atoms with Crippen LogP contribution in [0.15, 0.2) is 23.1 Å². The van der Waals surface area contributed by atoms with E-state index >= 15 is 0 Å². The van der Waals surface area contributed by atoms with Crippen molar-refractivity contribution >= 4 is 21.4 Å². The molecule has 0 aliphatic heterocycles. The number of tetrazole rings is 1. The molecule has 1 unspecified atom stereocenters. The maximum atomic E-state index is 12.2. The molecule has 0 spiro atoms. The van der Waals surface area contributed by atoms with Crippen LogP contribution in [-0.2, 0) is 10.0 Å². The lowest BCUT2D eigenvalue weighted by molar-refractivity contribution is -0.384. The Morgan fingerprint density at radius 3 is 2.76 bits per heavy atom. The Kier molecular flexibility index (Phi) is 3.82. The highest BCUT2D eigenvalue weighted by atomic mass is 32.2. The Morgan fingerprint density at radius 1 is 1.48 bits per heavy atom. The molecule has 0 fully saturated rings. The van der Waals surface area contributed by atoms with Crippen molar-refractivity contribution in [3.8, 4) is 0 Å². The van der Waals surface area contributed by atoms with Crippen molar-refractivity contribution in [1.29, 1.82) is 0 Å². The maximum Gasteiger partial charge on any atom is 0.293 e. The molecule has 0 aliphatic rings. The average Bonchev–Trinajstić information content (AvgIpc) is 2.92. The number of aromatic nitrogens is 4. The van der Waals surface area contributed by atoms with Gasteiger partial charge in [0.25, 0.3) is 5.69 Å². The van der Waals surface area contributed by atoms with Crippen LogP contribution in [0, 0.1) is 10.1 Å². The molecule has 112 valence electrons. The summed E-state index contributed by atoms with van der Waals surface area (Å²) in [5.74, 6) is 0.142. The molecule has 0 saturated heterocycles. The number of hydrogen-bond donors (Lipinski definition) is 3. The van der Waals surface area contributed by atoms with Gasteiger partial charge in [-0.25, -0.2) is 13.1 Å². The van der Waals surface area contributed by atoms with Crippen molar-refractivity contribution in [3.63, 3.8) is 0 Å². The van der Waals surface area contributed by atoms with Crippen molar-refractivity contribution in [2.24, 2.45) is 0 Å². The molecule has 1 heterocycles. The Bertz CT molecular complexity index is 758. The van der Waals surface area contributed by atoms with E-state index in [-0.39, 0.29) is 16.4 Å². The first-order valence-electron chi connectivity index (χ1n) is 5.61. The highest BCUT2D eigenvalue weighted by Crippen LogP contribution is 2.25. The van der Waals surface area contributed by atoms with Crippen molar-refractivity contribution in [1.82, 2.24) is 25.3 Å². The molecule has 4 N–H and O–H groups in total. The predicted octanol–water partition coefficient (Wildman–Crippen LogP) is -0.270. The summed E-state index contributed by atoms with van der Waals surface area (Å²) in [5, 5.41) is 23.6. The summed E-state index contributed by atoms with van der Waals surface area (Å²) in [5.41, 5.74) is 4.82. The number of hydrogen-bond acceptors (Lipinski definition) is 8. The zero-order chi connectivity index (χ0) is 15.6. The van der Waals surface area contributed by atoms with E-state index in [1.54, 1.807) is 0 Å². The van der Waals surface area contributed by atoms with Gasteiger partial charge in [-0.15, -0.1) is 10.2 Å². The third kappa shape index (κ3) is 3.11. The standard InChI is InChI=1S/C9H11N7O4S/c1-5(9-11-14-15-12-9)13-21(19,20)6-2-3-7(10)8(4-6)16(17)18/h2-5,13H,10H2,1H3,(H,11,12,14,15). The summed E-state index contributed by atoms with van der Waals surface area (Å²) in [4.78, 5) is 9.76. The molecule has 0 aliphatic carbocycles. The monoisotopic (exact) mass is 313 g/mol. The first-order chi connectivity index (χ1) is 9.81. The van der Waals surface area contributed by atoms with Crippen LogP contribution in [0.3, 0.4) is 0 Å². The zero-order valence-corrected chi connectivity index (χ0v) is 11.5. The lowest BCUT2D eigenvalue weighted by Crippen LogP contribution is -2.27. The van der Waals surface area contributed by atoms with E-state index in [2.05, 4.69) is 25.3 Å². The predicted molar refractivity (Wildman–Crippen MR) is 70.4 cm³/mol. The number of nitro benzene ring substituents is 1. The number of aromatic amines is 1. The molecule has 2 aromatic rings. The number of nitrogens with two attached hydrogens (primary N) is 1. The van der Waals surface area contributed by atoms with E-state index in [1.165, 1.54) is 13.0 Å². The van der Waals surface area contributed by atoms with Gasteiger partial charge in [0.15, 0.2) is 5.82 Å². The van der Waals surface area contributed by atoms with Gasteiger partial charge in [-0.2, -0.15) is 5.21 Å². The van der Waals surface area contributed by atoms with Crippen LogP contribution in [0.25, 0.3) is 0 Å². The number of nitro groups is 1. The molecule has 0 amide bonds. The van der Waals surface area contributed by atoms with Gasteiger partial charge in [0.05, 0.1) is 15.9 Å². The molecule has 12 heteroatoms. The molecule has 1 aromatic carbocycles. The quantitative estimate of drug-likeness (QED) is 0.384. The minimum atomic E-state index is -3.99. The van der Waals surface area contributed by atoms with E-state index in [0.717, 1.165) is 12.1 Å². The number of rotatable bonds is 5. The molecule has 11 nitrogen and oxygen atoms in total. The summed E-state index contributed by atoms with van der Waals surface area (Å²) < 4.78 is 26.6. The molecule has 1 atom stereocenters. The minimum absolute atomic E-state index is 0.120. The molecule has 21 heavy (non-hydrogen) atoms. The minimum Gasteiger partial charge on any atom is -0.393 e. The fourth-order valence-electron chi connectivity index (χ4n) is 1.56. The summed E-state index contributed by atoms with van der Waals surface area (Å²) >= 11 is 0. The number of sulfonamides is 1. The number of nitrogens with zero attached hydrogens (tertiary/aromatic N) is 4. The third-order valence-corrected chi connectivity index (χ3v) is 4.13. The lowest BCUT2D eigenvalue weighted by atomic mass is 10.3. The second kappa shape index (κ2) is 5.41. The molecular weight excluding hydrogens is 302 g/mol. The number of H-pyrrole nitrogens is 1. The van der Waals surface area contributed by atoms with E-state index in [1.807, 2.05) is 0 Å². The fourth-order valence-corrected chi connectivity index (χ4v) is 2.78. The molecule has 0 radical (unpaired) electrons. The topological polar surface area (TPSA) is 170 Å². The molecule has 1 aromatic heterocycles. The van der Waals surface area contributed by atoms with E-state index in [9.17, 15) is 18.5 Å². The van der Waals surface area contributed by atoms with Gasteiger partial charge in [-0.1, -0.05) is 5.21 Å². The number of anilines is 1. The fraction of sp³-hybridized carbons (Fsp3) is 0.222. The average molecular weight is 313 g/mol. The smallest absolute Gasteiger partial charge is 0.293 e. The van der Waals surface area contributed by atoms with Crippen molar-refractivity contribution < 1.29 is 13.3 Å². The van der Waals surface area contributed by atoms with Gasteiger partial charge >= 0.3 is 0 Å². The SMILES string of the molecule is CC(NS(=O)(=O)c1ccc(N)c([N+](=O)[O-])c1)c1nn[nH]n1. The molecule has 0 saturated carbocycles. The van der Waals surface area contributed by atoms with Crippen LogP contribution in [0.1, 0.15) is 18.8 Å². The van der Waals surface area contributed by atoms with Crippen LogP contribution < -0.4 is 10.5 Å².